The molecule has 0 spiro atoms. The summed E-state index contributed by atoms with van der Waals surface area (Å²) in [5.41, 5.74) is 0. The van der Waals surface area contributed by atoms with E-state index in [1.807, 2.05) is 0 Å². The van der Waals surface area contributed by atoms with Gasteiger partial charge >= 0.3 is 0 Å². The minimum Gasteiger partial charge on any atom is -0.380 e. The fourth-order valence-corrected chi connectivity index (χ4v) is 0.611. The second kappa shape index (κ2) is 7.54. The Hall–Kier alpha value is -0.570. The molecule has 0 atom stereocenters. The first-order valence-corrected chi connectivity index (χ1v) is 4.02. The lowest BCUT2D eigenvalue weighted by Crippen LogP contribution is -2.17. The third-order valence-electron chi connectivity index (χ3n) is 1.31. The molecule has 0 aliphatic carbocycles. The molecule has 3 heteroatoms. The van der Waals surface area contributed by atoms with Crippen molar-refractivity contribution in [2.45, 2.75) is 20.3 Å². The van der Waals surface area contributed by atoms with Gasteiger partial charge in [-0.3, -0.25) is 4.79 Å². The smallest absolute Gasteiger partial charge is 0.207 e. The van der Waals surface area contributed by atoms with Gasteiger partial charge in [0, 0.05) is 13.2 Å². The molecule has 3 nitrogen and oxygen atoms in total. The number of nitrogens with one attached hydrogen (secondary N) is 1. The van der Waals surface area contributed by atoms with E-state index in [1.54, 1.807) is 0 Å². The molecule has 66 valence electrons. The molecule has 0 aromatic heterocycles. The van der Waals surface area contributed by atoms with Gasteiger partial charge in [0.15, 0.2) is 0 Å². The molecule has 1 N–H and O–H groups in total. The van der Waals surface area contributed by atoms with E-state index in [0.29, 0.717) is 25.5 Å². The highest BCUT2D eigenvalue weighted by molar-refractivity contribution is 5.45. The predicted octanol–water partition coefficient (Wildman–Crippen LogP) is 0.795. The zero-order valence-electron chi connectivity index (χ0n) is 7.30. The SMILES string of the molecule is CC(C)CCOCCNC=O. The van der Waals surface area contributed by atoms with Crippen molar-refractivity contribution in [1.82, 2.24) is 5.32 Å². The van der Waals surface area contributed by atoms with E-state index in [4.69, 9.17) is 4.74 Å². The number of amides is 1. The minimum atomic E-state index is 0.613. The van der Waals surface area contributed by atoms with Crippen LogP contribution < -0.4 is 5.32 Å². The summed E-state index contributed by atoms with van der Waals surface area (Å²) in [5.74, 6) is 0.689. The van der Waals surface area contributed by atoms with E-state index in [1.165, 1.54) is 0 Å². The van der Waals surface area contributed by atoms with Crippen LogP contribution in [0.25, 0.3) is 0 Å². The highest BCUT2D eigenvalue weighted by Gasteiger charge is 1.92. The lowest BCUT2D eigenvalue weighted by molar-refractivity contribution is -0.109. The largest absolute Gasteiger partial charge is 0.380 e. The Bertz CT molecular complexity index is 94.1. The summed E-state index contributed by atoms with van der Waals surface area (Å²) in [7, 11) is 0. The molecular weight excluding hydrogens is 142 g/mol. The molecule has 11 heavy (non-hydrogen) atoms. The maximum Gasteiger partial charge on any atom is 0.207 e. The average molecular weight is 159 g/mol. The van der Waals surface area contributed by atoms with Crippen molar-refractivity contribution in [3.8, 4) is 0 Å². The molecule has 0 rings (SSSR count). The molecule has 0 unspecified atom stereocenters. The van der Waals surface area contributed by atoms with Crippen LogP contribution in [0.4, 0.5) is 0 Å². The van der Waals surface area contributed by atoms with E-state index in [-0.39, 0.29) is 0 Å². The monoisotopic (exact) mass is 159 g/mol. The first kappa shape index (κ1) is 10.4. The normalized spacial score (nSPS) is 10.1. The molecule has 0 aliphatic rings. The second-order valence-electron chi connectivity index (χ2n) is 2.87. The van der Waals surface area contributed by atoms with Crippen molar-refractivity contribution >= 4 is 6.41 Å². The number of hydrogen-bond donors (Lipinski definition) is 1. The summed E-state index contributed by atoms with van der Waals surface area (Å²) in [6, 6.07) is 0. The predicted molar refractivity (Wildman–Crippen MR) is 44.3 cm³/mol. The van der Waals surface area contributed by atoms with E-state index in [2.05, 4.69) is 19.2 Å². The maximum atomic E-state index is 9.78. The van der Waals surface area contributed by atoms with Gasteiger partial charge in [0.2, 0.25) is 6.41 Å². The Balaban J connectivity index is 2.85. The Morgan fingerprint density at radius 3 is 2.73 bits per heavy atom. The van der Waals surface area contributed by atoms with Gasteiger partial charge < -0.3 is 10.1 Å². The standard InChI is InChI=1S/C8H17NO2/c1-8(2)3-5-11-6-4-9-7-10/h7-8H,3-6H2,1-2H3,(H,9,10). The van der Waals surface area contributed by atoms with Gasteiger partial charge in [0.1, 0.15) is 0 Å². The number of carbonyl (C=O) groups is 1. The summed E-state index contributed by atoms with van der Waals surface area (Å²) >= 11 is 0. The molecule has 0 radical (unpaired) electrons. The Morgan fingerprint density at radius 1 is 1.45 bits per heavy atom. The third-order valence-corrected chi connectivity index (χ3v) is 1.31. The van der Waals surface area contributed by atoms with Crippen molar-refractivity contribution in [3.63, 3.8) is 0 Å². The molecule has 0 heterocycles. The summed E-state index contributed by atoms with van der Waals surface area (Å²) in [6.45, 7) is 6.34. The van der Waals surface area contributed by atoms with Crippen molar-refractivity contribution in [3.05, 3.63) is 0 Å². The van der Waals surface area contributed by atoms with Gasteiger partial charge in [-0.2, -0.15) is 0 Å². The van der Waals surface area contributed by atoms with Crippen LogP contribution in [0.15, 0.2) is 0 Å². The van der Waals surface area contributed by atoms with Crippen molar-refractivity contribution in [1.29, 1.82) is 0 Å². The van der Waals surface area contributed by atoms with Crippen LogP contribution in [0.2, 0.25) is 0 Å². The third kappa shape index (κ3) is 9.43. The molecular formula is C8H17NO2. The van der Waals surface area contributed by atoms with Gasteiger partial charge in [-0.25, -0.2) is 0 Å². The highest BCUT2D eigenvalue weighted by Crippen LogP contribution is 1.97. The van der Waals surface area contributed by atoms with Crippen molar-refractivity contribution in [2.24, 2.45) is 5.92 Å². The van der Waals surface area contributed by atoms with Crippen molar-refractivity contribution in [2.75, 3.05) is 19.8 Å². The topological polar surface area (TPSA) is 38.3 Å². The van der Waals surface area contributed by atoms with Gasteiger partial charge in [-0.15, -0.1) is 0 Å². The molecule has 0 saturated carbocycles. The number of carbonyl (C=O) groups excluding carboxylic acids is 1. The summed E-state index contributed by atoms with van der Waals surface area (Å²) in [5, 5.41) is 2.53. The zero-order valence-corrected chi connectivity index (χ0v) is 7.30. The Kier molecular flexibility index (Phi) is 7.15. The summed E-state index contributed by atoms with van der Waals surface area (Å²) < 4.78 is 5.23. The fourth-order valence-electron chi connectivity index (χ4n) is 0.611. The molecule has 0 saturated heterocycles. The average Bonchev–Trinajstić information content (AvgIpc) is 1.96. The van der Waals surface area contributed by atoms with Gasteiger partial charge in [0.05, 0.1) is 6.61 Å². The lowest BCUT2D eigenvalue weighted by Gasteiger charge is -2.05. The molecule has 0 aliphatic heterocycles. The van der Waals surface area contributed by atoms with E-state index in [9.17, 15) is 4.79 Å². The molecule has 0 aromatic rings. The van der Waals surface area contributed by atoms with Crippen LogP contribution in [0.3, 0.4) is 0 Å². The maximum absolute atomic E-state index is 9.78. The van der Waals surface area contributed by atoms with Crippen LogP contribution in [0.5, 0.6) is 0 Å². The van der Waals surface area contributed by atoms with E-state index in [0.717, 1.165) is 13.0 Å². The fraction of sp³-hybridized carbons (Fsp3) is 0.875. The molecule has 0 aromatic carbocycles. The van der Waals surface area contributed by atoms with E-state index >= 15 is 0 Å². The van der Waals surface area contributed by atoms with E-state index < -0.39 is 0 Å². The van der Waals surface area contributed by atoms with Gasteiger partial charge in [-0.1, -0.05) is 13.8 Å². The van der Waals surface area contributed by atoms with Crippen LogP contribution in [0, 0.1) is 5.92 Å². The highest BCUT2D eigenvalue weighted by atomic mass is 16.5. The summed E-state index contributed by atoms with van der Waals surface area (Å²) in [6.07, 6.45) is 1.77. The first-order valence-electron chi connectivity index (χ1n) is 4.02. The zero-order chi connectivity index (χ0) is 8.53. The Labute approximate surface area is 68.1 Å². The lowest BCUT2D eigenvalue weighted by atomic mass is 10.1. The first-order chi connectivity index (χ1) is 5.27. The van der Waals surface area contributed by atoms with Gasteiger partial charge in [0.25, 0.3) is 0 Å². The number of hydrogen-bond acceptors (Lipinski definition) is 2. The molecule has 0 fully saturated rings. The number of rotatable bonds is 7. The minimum absolute atomic E-state index is 0.613. The number of ether oxygens (including phenoxy) is 1. The molecule has 1 amide bonds. The quantitative estimate of drug-likeness (QED) is 0.440. The van der Waals surface area contributed by atoms with Crippen LogP contribution in [-0.4, -0.2) is 26.2 Å². The van der Waals surface area contributed by atoms with Crippen LogP contribution in [-0.2, 0) is 9.53 Å². The second-order valence-corrected chi connectivity index (χ2v) is 2.87. The summed E-state index contributed by atoms with van der Waals surface area (Å²) in [4.78, 5) is 9.78. The Morgan fingerprint density at radius 2 is 2.18 bits per heavy atom. The van der Waals surface area contributed by atoms with Crippen LogP contribution in [0.1, 0.15) is 20.3 Å². The molecule has 0 bridgehead atoms. The van der Waals surface area contributed by atoms with Crippen LogP contribution >= 0.6 is 0 Å². The van der Waals surface area contributed by atoms with Gasteiger partial charge in [-0.05, 0) is 12.3 Å². The van der Waals surface area contributed by atoms with Crippen molar-refractivity contribution < 1.29 is 9.53 Å².